The first-order chi connectivity index (χ1) is 9.88. The van der Waals surface area contributed by atoms with E-state index in [4.69, 9.17) is 11.6 Å². The molecular weight excluding hydrogens is 301 g/mol. The van der Waals surface area contributed by atoms with Crippen molar-refractivity contribution in [1.29, 1.82) is 0 Å². The Balaban J connectivity index is 2.01. The molecule has 0 aliphatic rings. The summed E-state index contributed by atoms with van der Waals surface area (Å²) in [6.45, 7) is 0. The van der Waals surface area contributed by atoms with E-state index in [0.29, 0.717) is 11.4 Å². The second kappa shape index (κ2) is 9.19. The quantitative estimate of drug-likeness (QED) is 0.531. The molecule has 0 heterocycles. The van der Waals surface area contributed by atoms with Crippen LogP contribution in [0.25, 0.3) is 0 Å². The van der Waals surface area contributed by atoms with Crippen LogP contribution in [-0.2, 0) is 6.42 Å². The smallest absolute Gasteiger partial charge is 0.389 e. The topological polar surface area (TPSA) is 20.2 Å². The Morgan fingerprint density at radius 1 is 0.905 bits per heavy atom. The number of unbranched alkanes of at least 4 members (excludes halogenated alkanes) is 6. The van der Waals surface area contributed by atoms with Gasteiger partial charge in [-0.15, -0.1) is 0 Å². The van der Waals surface area contributed by atoms with Crippen molar-refractivity contribution in [3.63, 3.8) is 0 Å². The Morgan fingerprint density at radius 2 is 1.48 bits per heavy atom. The minimum Gasteiger partial charge on any atom is -0.508 e. The summed E-state index contributed by atoms with van der Waals surface area (Å²) < 4.78 is 35.8. The Hall–Kier alpha value is -0.900. The van der Waals surface area contributed by atoms with Gasteiger partial charge < -0.3 is 5.11 Å². The fourth-order valence-electron chi connectivity index (χ4n) is 2.28. The highest BCUT2D eigenvalue weighted by Gasteiger charge is 2.25. The molecule has 0 spiro atoms. The maximum absolute atomic E-state index is 11.9. The number of phenolic OH excluding ortho intramolecular Hbond substituents is 1. The van der Waals surface area contributed by atoms with Gasteiger partial charge in [0.15, 0.2) is 0 Å². The molecule has 1 aromatic carbocycles. The summed E-state index contributed by atoms with van der Waals surface area (Å²) in [4.78, 5) is 0. The molecule has 0 aromatic heterocycles. The van der Waals surface area contributed by atoms with Crippen LogP contribution in [0, 0.1) is 0 Å². The van der Waals surface area contributed by atoms with Crippen LogP contribution in [0.3, 0.4) is 0 Å². The third kappa shape index (κ3) is 8.86. The van der Waals surface area contributed by atoms with Gasteiger partial charge in [0.2, 0.25) is 0 Å². The monoisotopic (exact) mass is 322 g/mol. The maximum atomic E-state index is 11.9. The molecule has 1 nitrogen and oxygen atoms in total. The van der Waals surface area contributed by atoms with E-state index < -0.39 is 12.6 Å². The molecule has 0 aliphatic heterocycles. The van der Waals surface area contributed by atoms with Gasteiger partial charge in [0, 0.05) is 11.4 Å². The van der Waals surface area contributed by atoms with Crippen molar-refractivity contribution in [2.24, 2.45) is 0 Å². The van der Waals surface area contributed by atoms with Gasteiger partial charge in [-0.1, -0.05) is 43.7 Å². The molecule has 21 heavy (non-hydrogen) atoms. The van der Waals surface area contributed by atoms with Crippen molar-refractivity contribution in [2.75, 3.05) is 0 Å². The molecule has 5 heteroatoms. The van der Waals surface area contributed by atoms with Crippen molar-refractivity contribution in [3.05, 3.63) is 28.8 Å². The van der Waals surface area contributed by atoms with Gasteiger partial charge in [-0.2, -0.15) is 13.2 Å². The molecule has 0 atom stereocenters. The fraction of sp³-hybridized carbons (Fsp3) is 0.625. The summed E-state index contributed by atoms with van der Waals surface area (Å²) >= 11 is 6.03. The molecule has 0 aliphatic carbocycles. The maximum Gasteiger partial charge on any atom is 0.389 e. The van der Waals surface area contributed by atoms with E-state index in [1.54, 1.807) is 18.2 Å². The molecule has 0 saturated carbocycles. The fourth-order valence-corrected chi connectivity index (χ4v) is 2.49. The number of benzene rings is 1. The van der Waals surface area contributed by atoms with Gasteiger partial charge in [0.05, 0.1) is 0 Å². The Bertz CT molecular complexity index is 418. The first-order valence-corrected chi connectivity index (χ1v) is 7.80. The van der Waals surface area contributed by atoms with E-state index >= 15 is 0 Å². The van der Waals surface area contributed by atoms with Crippen LogP contribution in [0.2, 0.25) is 5.02 Å². The summed E-state index contributed by atoms with van der Waals surface area (Å²) in [5.74, 6) is 0.221. The van der Waals surface area contributed by atoms with Crippen molar-refractivity contribution < 1.29 is 18.3 Å². The zero-order chi connectivity index (χ0) is 15.7. The van der Waals surface area contributed by atoms with Crippen LogP contribution in [0.15, 0.2) is 18.2 Å². The van der Waals surface area contributed by atoms with Gasteiger partial charge in [0.1, 0.15) is 5.75 Å². The van der Waals surface area contributed by atoms with E-state index in [0.717, 1.165) is 44.1 Å². The van der Waals surface area contributed by atoms with E-state index in [1.165, 1.54) is 0 Å². The number of hydrogen-bond donors (Lipinski definition) is 1. The normalized spacial score (nSPS) is 11.8. The molecule has 0 saturated heterocycles. The number of hydrogen-bond acceptors (Lipinski definition) is 1. The summed E-state index contributed by atoms with van der Waals surface area (Å²) in [7, 11) is 0. The second-order valence-corrected chi connectivity index (χ2v) is 5.77. The third-order valence-electron chi connectivity index (χ3n) is 3.44. The van der Waals surface area contributed by atoms with E-state index in [1.807, 2.05) is 0 Å². The summed E-state index contributed by atoms with van der Waals surface area (Å²) in [6.07, 6.45) is 1.92. The summed E-state index contributed by atoms with van der Waals surface area (Å²) in [5.41, 5.74) is 0.946. The Labute approximate surface area is 129 Å². The number of halogens is 4. The lowest BCUT2D eigenvalue weighted by Crippen LogP contribution is -2.06. The van der Waals surface area contributed by atoms with Crippen molar-refractivity contribution in [3.8, 4) is 5.75 Å². The molecular formula is C16H22ClF3O. The Morgan fingerprint density at radius 3 is 2.10 bits per heavy atom. The van der Waals surface area contributed by atoms with Crippen LogP contribution in [0.5, 0.6) is 5.75 Å². The molecule has 0 fully saturated rings. The van der Waals surface area contributed by atoms with E-state index in [9.17, 15) is 18.3 Å². The zero-order valence-corrected chi connectivity index (χ0v) is 12.8. The minimum atomic E-state index is -4.01. The first-order valence-electron chi connectivity index (χ1n) is 7.42. The van der Waals surface area contributed by atoms with Crippen LogP contribution in [-0.4, -0.2) is 11.3 Å². The molecule has 0 bridgehead atoms. The highest BCUT2D eigenvalue weighted by atomic mass is 35.5. The standard InChI is InChI=1S/C16H22ClF3O/c17-15-10-9-14(21)12-13(15)8-6-4-2-1-3-5-7-11-16(18,19)20/h9-10,12,21H,1-8,11H2. The number of rotatable bonds is 9. The van der Waals surface area contributed by atoms with Gasteiger partial charge >= 0.3 is 6.18 Å². The van der Waals surface area contributed by atoms with Crippen molar-refractivity contribution >= 4 is 11.6 Å². The largest absolute Gasteiger partial charge is 0.508 e. The van der Waals surface area contributed by atoms with Crippen molar-refractivity contribution in [1.82, 2.24) is 0 Å². The lowest BCUT2D eigenvalue weighted by Gasteiger charge is -2.06. The lowest BCUT2D eigenvalue weighted by atomic mass is 10.0. The molecule has 120 valence electrons. The molecule has 0 amide bonds. The minimum absolute atomic E-state index is 0.221. The van der Waals surface area contributed by atoms with Gasteiger partial charge in [0.25, 0.3) is 0 Å². The highest BCUT2D eigenvalue weighted by Crippen LogP contribution is 2.24. The van der Waals surface area contributed by atoms with Crippen molar-refractivity contribution in [2.45, 2.75) is 64.0 Å². The lowest BCUT2D eigenvalue weighted by molar-refractivity contribution is -0.135. The number of aryl methyl sites for hydroxylation is 1. The molecule has 1 N–H and O–H groups in total. The predicted molar refractivity (Wildman–Crippen MR) is 79.8 cm³/mol. The predicted octanol–water partition coefficient (Wildman–Crippen LogP) is 6.27. The van der Waals surface area contributed by atoms with Gasteiger partial charge in [-0.05, 0) is 43.0 Å². The second-order valence-electron chi connectivity index (χ2n) is 5.37. The first kappa shape index (κ1) is 18.1. The molecule has 0 unspecified atom stereocenters. The van der Waals surface area contributed by atoms with Crippen LogP contribution in [0.4, 0.5) is 13.2 Å². The number of aromatic hydroxyl groups is 1. The zero-order valence-electron chi connectivity index (χ0n) is 12.1. The van der Waals surface area contributed by atoms with E-state index in [2.05, 4.69) is 0 Å². The van der Waals surface area contributed by atoms with Crippen LogP contribution < -0.4 is 0 Å². The van der Waals surface area contributed by atoms with Gasteiger partial charge in [-0.3, -0.25) is 0 Å². The number of phenols is 1. The SMILES string of the molecule is Oc1ccc(Cl)c(CCCCCCCCCC(F)(F)F)c1. The Kier molecular flexibility index (Phi) is 7.94. The molecule has 1 aromatic rings. The summed E-state index contributed by atoms with van der Waals surface area (Å²) in [6, 6.07) is 4.93. The third-order valence-corrected chi connectivity index (χ3v) is 3.80. The molecule has 0 radical (unpaired) electrons. The van der Waals surface area contributed by atoms with Crippen LogP contribution >= 0.6 is 11.6 Å². The highest BCUT2D eigenvalue weighted by molar-refractivity contribution is 6.31. The van der Waals surface area contributed by atoms with E-state index in [-0.39, 0.29) is 12.2 Å². The number of alkyl halides is 3. The van der Waals surface area contributed by atoms with Crippen LogP contribution in [0.1, 0.15) is 56.9 Å². The average Bonchev–Trinajstić information content (AvgIpc) is 2.39. The summed E-state index contributed by atoms with van der Waals surface area (Å²) in [5, 5.41) is 10.0. The molecule has 1 rings (SSSR count). The average molecular weight is 323 g/mol. The van der Waals surface area contributed by atoms with Gasteiger partial charge in [-0.25, -0.2) is 0 Å².